The predicted octanol–water partition coefficient (Wildman–Crippen LogP) is 1.97. The van der Waals surface area contributed by atoms with Crippen molar-refractivity contribution in [2.24, 2.45) is 0 Å². The van der Waals surface area contributed by atoms with Gasteiger partial charge in [0.25, 0.3) is 5.91 Å². The Morgan fingerprint density at radius 1 is 1.30 bits per heavy atom. The third-order valence-electron chi connectivity index (χ3n) is 3.00. The number of nitrogens with one attached hydrogen (secondary N) is 1. The van der Waals surface area contributed by atoms with Crippen molar-refractivity contribution in [2.75, 3.05) is 0 Å². The molecule has 3 rings (SSSR count). The third-order valence-corrected chi connectivity index (χ3v) is 3.00. The van der Waals surface area contributed by atoms with Gasteiger partial charge in [0.1, 0.15) is 5.65 Å². The van der Waals surface area contributed by atoms with Crippen LogP contribution in [0.5, 0.6) is 0 Å². The maximum atomic E-state index is 12.2. The van der Waals surface area contributed by atoms with Crippen LogP contribution in [0.3, 0.4) is 0 Å². The van der Waals surface area contributed by atoms with E-state index in [2.05, 4.69) is 15.3 Å². The average Bonchev–Trinajstić information content (AvgIpc) is 2.85. The molecule has 0 aliphatic heterocycles. The standard InChI is InChI=1S/C15H14N4O/c1-11-10-19-8-4-6-13(14(19)18-11)15(20)17-9-12-5-2-3-7-16-12/h2-8,10H,9H2,1H3,(H,17,20). The fourth-order valence-corrected chi connectivity index (χ4v) is 2.08. The molecule has 3 aromatic rings. The summed E-state index contributed by atoms with van der Waals surface area (Å²) in [6.45, 7) is 2.31. The number of fused-ring (bicyclic) bond motifs is 1. The Morgan fingerprint density at radius 3 is 3.00 bits per heavy atom. The van der Waals surface area contributed by atoms with E-state index in [1.165, 1.54) is 0 Å². The van der Waals surface area contributed by atoms with Crippen molar-refractivity contribution in [3.8, 4) is 0 Å². The molecule has 0 aliphatic carbocycles. The van der Waals surface area contributed by atoms with Gasteiger partial charge in [0.2, 0.25) is 0 Å². The molecule has 0 atom stereocenters. The number of hydrogen-bond acceptors (Lipinski definition) is 3. The summed E-state index contributed by atoms with van der Waals surface area (Å²) in [4.78, 5) is 20.8. The average molecular weight is 266 g/mol. The fourth-order valence-electron chi connectivity index (χ4n) is 2.08. The number of aromatic nitrogens is 3. The van der Waals surface area contributed by atoms with Crippen molar-refractivity contribution in [1.29, 1.82) is 0 Å². The Kier molecular flexibility index (Phi) is 3.16. The number of carbonyl (C=O) groups is 1. The lowest BCUT2D eigenvalue weighted by Gasteiger charge is -2.05. The second-order valence-electron chi connectivity index (χ2n) is 4.54. The van der Waals surface area contributed by atoms with E-state index in [9.17, 15) is 4.79 Å². The van der Waals surface area contributed by atoms with E-state index in [0.29, 0.717) is 17.8 Å². The summed E-state index contributed by atoms with van der Waals surface area (Å²) in [7, 11) is 0. The molecule has 0 aromatic carbocycles. The minimum atomic E-state index is -0.146. The van der Waals surface area contributed by atoms with E-state index < -0.39 is 0 Å². The van der Waals surface area contributed by atoms with Crippen LogP contribution in [0.2, 0.25) is 0 Å². The Balaban J connectivity index is 1.82. The zero-order valence-corrected chi connectivity index (χ0v) is 11.1. The van der Waals surface area contributed by atoms with Gasteiger partial charge in [-0.2, -0.15) is 0 Å². The first-order valence-corrected chi connectivity index (χ1v) is 6.36. The second-order valence-corrected chi connectivity index (χ2v) is 4.54. The van der Waals surface area contributed by atoms with Crippen LogP contribution in [-0.4, -0.2) is 20.3 Å². The number of rotatable bonds is 3. The van der Waals surface area contributed by atoms with E-state index in [4.69, 9.17) is 0 Å². The molecule has 3 heterocycles. The van der Waals surface area contributed by atoms with Gasteiger partial charge in [0.15, 0.2) is 0 Å². The fraction of sp³-hybridized carbons (Fsp3) is 0.133. The predicted molar refractivity (Wildman–Crippen MR) is 75.3 cm³/mol. The van der Waals surface area contributed by atoms with E-state index >= 15 is 0 Å². The lowest BCUT2D eigenvalue weighted by Crippen LogP contribution is -2.23. The molecule has 0 fully saturated rings. The summed E-state index contributed by atoms with van der Waals surface area (Å²) < 4.78 is 1.85. The molecular weight excluding hydrogens is 252 g/mol. The molecule has 0 saturated carbocycles. The molecular formula is C15H14N4O. The van der Waals surface area contributed by atoms with Crippen molar-refractivity contribution in [1.82, 2.24) is 19.7 Å². The van der Waals surface area contributed by atoms with Gasteiger partial charge in [-0.05, 0) is 31.2 Å². The zero-order valence-electron chi connectivity index (χ0n) is 11.1. The number of carbonyl (C=O) groups excluding carboxylic acids is 1. The van der Waals surface area contributed by atoms with Crippen molar-refractivity contribution in [3.05, 3.63) is 65.9 Å². The lowest BCUT2D eigenvalue weighted by atomic mass is 10.2. The lowest BCUT2D eigenvalue weighted by molar-refractivity contribution is 0.0951. The minimum absolute atomic E-state index is 0.146. The zero-order chi connectivity index (χ0) is 13.9. The Hall–Kier alpha value is -2.69. The van der Waals surface area contributed by atoms with Crippen LogP contribution in [0.15, 0.2) is 48.9 Å². The molecule has 100 valence electrons. The SMILES string of the molecule is Cc1cn2cccc(C(=O)NCc3ccccn3)c2n1. The number of amides is 1. The highest BCUT2D eigenvalue weighted by Crippen LogP contribution is 2.10. The van der Waals surface area contributed by atoms with E-state index in [1.807, 2.05) is 48.0 Å². The summed E-state index contributed by atoms with van der Waals surface area (Å²) in [5.74, 6) is -0.146. The molecule has 5 heteroatoms. The molecule has 0 aliphatic rings. The normalized spacial score (nSPS) is 10.7. The first kappa shape index (κ1) is 12.3. The second kappa shape index (κ2) is 5.13. The third kappa shape index (κ3) is 2.38. The summed E-state index contributed by atoms with van der Waals surface area (Å²) >= 11 is 0. The molecule has 1 amide bonds. The smallest absolute Gasteiger partial charge is 0.255 e. The maximum absolute atomic E-state index is 12.2. The monoisotopic (exact) mass is 266 g/mol. The molecule has 5 nitrogen and oxygen atoms in total. The Morgan fingerprint density at radius 2 is 2.20 bits per heavy atom. The number of nitrogens with zero attached hydrogens (tertiary/aromatic N) is 3. The van der Waals surface area contributed by atoms with Crippen LogP contribution in [-0.2, 0) is 6.54 Å². The largest absolute Gasteiger partial charge is 0.346 e. The topological polar surface area (TPSA) is 59.3 Å². The van der Waals surface area contributed by atoms with Crippen LogP contribution in [0.1, 0.15) is 21.7 Å². The molecule has 0 saturated heterocycles. The van der Waals surface area contributed by atoms with Gasteiger partial charge in [-0.1, -0.05) is 6.07 Å². The first-order valence-electron chi connectivity index (χ1n) is 6.36. The quantitative estimate of drug-likeness (QED) is 0.788. The summed E-state index contributed by atoms with van der Waals surface area (Å²) in [5.41, 5.74) is 2.95. The molecule has 0 spiro atoms. The first-order chi connectivity index (χ1) is 9.74. The molecule has 0 unspecified atom stereocenters. The van der Waals surface area contributed by atoms with Crippen molar-refractivity contribution < 1.29 is 4.79 Å². The molecule has 0 bridgehead atoms. The van der Waals surface area contributed by atoms with E-state index in [1.54, 1.807) is 12.3 Å². The molecule has 20 heavy (non-hydrogen) atoms. The number of hydrogen-bond donors (Lipinski definition) is 1. The summed E-state index contributed by atoms with van der Waals surface area (Å²) in [6, 6.07) is 9.23. The number of aryl methyl sites for hydroxylation is 1. The van der Waals surface area contributed by atoms with Crippen LogP contribution < -0.4 is 5.32 Å². The van der Waals surface area contributed by atoms with Crippen molar-refractivity contribution in [3.63, 3.8) is 0 Å². The van der Waals surface area contributed by atoms with Crippen molar-refractivity contribution >= 4 is 11.6 Å². The van der Waals surface area contributed by atoms with Crippen molar-refractivity contribution in [2.45, 2.75) is 13.5 Å². The van der Waals surface area contributed by atoms with Gasteiger partial charge in [-0.3, -0.25) is 9.78 Å². The van der Waals surface area contributed by atoms with Gasteiger partial charge < -0.3 is 9.72 Å². The van der Waals surface area contributed by atoms with E-state index in [-0.39, 0.29) is 5.91 Å². The van der Waals surface area contributed by atoms with Gasteiger partial charge in [0, 0.05) is 18.6 Å². The van der Waals surface area contributed by atoms with Gasteiger partial charge >= 0.3 is 0 Å². The summed E-state index contributed by atoms with van der Waals surface area (Å²) in [5, 5.41) is 2.86. The van der Waals surface area contributed by atoms with Crippen LogP contribution in [0, 0.1) is 6.92 Å². The van der Waals surface area contributed by atoms with Gasteiger partial charge in [-0.25, -0.2) is 4.98 Å². The molecule has 1 N–H and O–H groups in total. The number of imidazole rings is 1. The highest BCUT2D eigenvalue weighted by molar-refractivity contribution is 5.99. The summed E-state index contributed by atoms with van der Waals surface area (Å²) in [6.07, 6.45) is 5.48. The van der Waals surface area contributed by atoms with Crippen LogP contribution in [0.25, 0.3) is 5.65 Å². The maximum Gasteiger partial charge on any atom is 0.255 e. The highest BCUT2D eigenvalue weighted by atomic mass is 16.1. The number of pyridine rings is 2. The van der Waals surface area contributed by atoms with E-state index in [0.717, 1.165) is 11.4 Å². The Bertz CT molecular complexity index is 749. The van der Waals surface area contributed by atoms with Gasteiger partial charge in [0.05, 0.1) is 23.5 Å². The van der Waals surface area contributed by atoms with Gasteiger partial charge in [-0.15, -0.1) is 0 Å². The highest BCUT2D eigenvalue weighted by Gasteiger charge is 2.11. The van der Waals surface area contributed by atoms with Crippen LogP contribution in [0.4, 0.5) is 0 Å². The minimum Gasteiger partial charge on any atom is -0.346 e. The molecule has 0 radical (unpaired) electrons. The van der Waals surface area contributed by atoms with Crippen LogP contribution >= 0.6 is 0 Å². The Labute approximate surface area is 116 Å². The molecule has 3 aromatic heterocycles.